The summed E-state index contributed by atoms with van der Waals surface area (Å²) in [4.78, 5) is 2.37. The summed E-state index contributed by atoms with van der Waals surface area (Å²) in [5.74, 6) is 0. The average molecular weight is 234 g/mol. The van der Waals surface area contributed by atoms with Crippen molar-refractivity contribution in [1.29, 1.82) is 0 Å². The van der Waals surface area contributed by atoms with Gasteiger partial charge in [-0.2, -0.15) is 0 Å². The van der Waals surface area contributed by atoms with Gasteiger partial charge in [-0.1, -0.05) is 12.1 Å². The second kappa shape index (κ2) is 6.03. The quantitative estimate of drug-likeness (QED) is 0.848. The van der Waals surface area contributed by atoms with Gasteiger partial charge in [0.2, 0.25) is 0 Å². The zero-order chi connectivity index (χ0) is 12.1. The lowest BCUT2D eigenvalue weighted by Crippen LogP contribution is -2.31. The first kappa shape index (κ1) is 12.4. The number of rotatable bonds is 5. The number of hydrogen-bond donors (Lipinski definition) is 1. The minimum absolute atomic E-state index is 0.407. The van der Waals surface area contributed by atoms with Crippen molar-refractivity contribution in [1.82, 2.24) is 0 Å². The Morgan fingerprint density at radius 3 is 2.65 bits per heavy atom. The highest BCUT2D eigenvalue weighted by atomic mass is 16.5. The van der Waals surface area contributed by atoms with Crippen LogP contribution in [0.25, 0.3) is 0 Å². The van der Waals surface area contributed by atoms with Gasteiger partial charge >= 0.3 is 0 Å². The summed E-state index contributed by atoms with van der Waals surface area (Å²) >= 11 is 0. The number of nitrogens with zero attached hydrogens (tertiary/aromatic N) is 1. The lowest BCUT2D eigenvalue weighted by atomic mass is 10.1. The third-order valence-electron chi connectivity index (χ3n) is 3.37. The predicted molar refractivity (Wildman–Crippen MR) is 71.2 cm³/mol. The second-order valence-corrected chi connectivity index (χ2v) is 4.54. The van der Waals surface area contributed by atoms with Gasteiger partial charge in [0.15, 0.2) is 0 Å². The van der Waals surface area contributed by atoms with Crippen molar-refractivity contribution < 1.29 is 4.74 Å². The molecule has 0 radical (unpaired) electrons. The molecule has 1 fully saturated rings. The molecule has 1 saturated heterocycles. The minimum atomic E-state index is 0.407. The van der Waals surface area contributed by atoms with Gasteiger partial charge in [0.25, 0.3) is 0 Å². The maximum atomic E-state index is 5.69. The molecule has 1 aromatic rings. The third kappa shape index (κ3) is 3.20. The van der Waals surface area contributed by atoms with Crippen LogP contribution in [0, 0.1) is 0 Å². The smallest absolute Gasteiger partial charge is 0.0750 e. The molecular weight excluding hydrogens is 212 g/mol. The van der Waals surface area contributed by atoms with Gasteiger partial charge in [0.05, 0.1) is 6.10 Å². The Hall–Kier alpha value is -1.06. The van der Waals surface area contributed by atoms with E-state index in [1.165, 1.54) is 24.1 Å². The highest BCUT2D eigenvalue weighted by Gasteiger charge is 2.18. The first-order chi connectivity index (χ1) is 8.33. The number of benzene rings is 1. The highest BCUT2D eigenvalue weighted by molar-refractivity contribution is 5.47. The first-order valence-corrected chi connectivity index (χ1v) is 6.49. The van der Waals surface area contributed by atoms with E-state index in [0.29, 0.717) is 12.6 Å². The van der Waals surface area contributed by atoms with Gasteiger partial charge in [-0.25, -0.2) is 0 Å². The van der Waals surface area contributed by atoms with E-state index >= 15 is 0 Å². The summed E-state index contributed by atoms with van der Waals surface area (Å²) in [7, 11) is 0. The lowest BCUT2D eigenvalue weighted by Gasteiger charge is -2.26. The van der Waals surface area contributed by atoms with Crippen molar-refractivity contribution >= 4 is 5.69 Å². The van der Waals surface area contributed by atoms with Crippen LogP contribution < -0.4 is 10.6 Å². The summed E-state index contributed by atoms with van der Waals surface area (Å²) in [6.07, 6.45) is 2.80. The van der Waals surface area contributed by atoms with Crippen LogP contribution in [0.3, 0.4) is 0 Å². The molecule has 0 saturated carbocycles. The number of likely N-dealkylation sites (N-methyl/N-ethyl adjacent to an activating group) is 1. The van der Waals surface area contributed by atoms with Crippen LogP contribution in [-0.4, -0.2) is 25.8 Å². The van der Waals surface area contributed by atoms with E-state index in [-0.39, 0.29) is 0 Å². The maximum absolute atomic E-state index is 5.69. The Bertz CT molecular complexity index is 331. The molecule has 1 atom stereocenters. The second-order valence-electron chi connectivity index (χ2n) is 4.54. The molecule has 3 nitrogen and oxygen atoms in total. The maximum Gasteiger partial charge on any atom is 0.0750 e. The molecule has 94 valence electrons. The Morgan fingerprint density at radius 2 is 2.12 bits per heavy atom. The van der Waals surface area contributed by atoms with Crippen LogP contribution in [0.2, 0.25) is 0 Å². The molecule has 0 aromatic heterocycles. The van der Waals surface area contributed by atoms with E-state index in [0.717, 1.165) is 19.7 Å². The van der Waals surface area contributed by atoms with Crippen LogP contribution in [-0.2, 0) is 11.3 Å². The fraction of sp³-hybridized carbons (Fsp3) is 0.571. The van der Waals surface area contributed by atoms with Crippen LogP contribution in [0.1, 0.15) is 25.3 Å². The van der Waals surface area contributed by atoms with E-state index < -0.39 is 0 Å². The molecule has 0 amide bonds. The normalized spacial score (nSPS) is 19.5. The number of nitrogens with two attached hydrogens (primary N) is 1. The van der Waals surface area contributed by atoms with Gasteiger partial charge in [-0.05, 0) is 37.5 Å². The number of ether oxygens (including phenoxy) is 1. The minimum Gasteiger partial charge on any atom is -0.376 e. The molecule has 1 unspecified atom stereocenters. The van der Waals surface area contributed by atoms with Crippen LogP contribution in [0.15, 0.2) is 24.3 Å². The number of anilines is 1. The van der Waals surface area contributed by atoms with Crippen LogP contribution in [0.4, 0.5) is 5.69 Å². The fourth-order valence-corrected chi connectivity index (χ4v) is 2.29. The van der Waals surface area contributed by atoms with Crippen molar-refractivity contribution in [3.63, 3.8) is 0 Å². The van der Waals surface area contributed by atoms with E-state index in [4.69, 9.17) is 10.5 Å². The third-order valence-corrected chi connectivity index (χ3v) is 3.37. The van der Waals surface area contributed by atoms with Crippen LogP contribution >= 0.6 is 0 Å². The summed E-state index contributed by atoms with van der Waals surface area (Å²) < 4.78 is 5.69. The number of hydrogen-bond acceptors (Lipinski definition) is 3. The largest absolute Gasteiger partial charge is 0.376 e. The molecule has 1 aliphatic rings. The van der Waals surface area contributed by atoms with Crippen molar-refractivity contribution in [3.8, 4) is 0 Å². The van der Waals surface area contributed by atoms with Crippen molar-refractivity contribution in [2.75, 3.05) is 24.6 Å². The van der Waals surface area contributed by atoms with E-state index in [9.17, 15) is 0 Å². The average Bonchev–Trinajstić information content (AvgIpc) is 2.89. The monoisotopic (exact) mass is 234 g/mol. The van der Waals surface area contributed by atoms with Crippen molar-refractivity contribution in [2.45, 2.75) is 32.4 Å². The molecule has 1 aliphatic heterocycles. The molecular formula is C14H22N2O. The molecule has 1 heterocycles. The van der Waals surface area contributed by atoms with Crippen molar-refractivity contribution in [2.24, 2.45) is 5.73 Å². The molecule has 0 spiro atoms. The molecule has 17 heavy (non-hydrogen) atoms. The summed E-state index contributed by atoms with van der Waals surface area (Å²) in [5, 5.41) is 0. The van der Waals surface area contributed by atoms with Gasteiger partial charge in [-0.3, -0.25) is 0 Å². The molecule has 3 heteroatoms. The zero-order valence-corrected chi connectivity index (χ0v) is 10.6. The van der Waals surface area contributed by atoms with E-state index in [1.807, 2.05) is 0 Å². The Morgan fingerprint density at radius 1 is 1.35 bits per heavy atom. The highest BCUT2D eigenvalue weighted by Crippen LogP contribution is 2.19. The summed E-state index contributed by atoms with van der Waals surface area (Å²) in [6, 6.07) is 8.52. The molecule has 0 aliphatic carbocycles. The standard InChI is InChI=1S/C14H22N2O/c1-2-16(11-14-4-3-9-17-14)13-7-5-12(10-15)6-8-13/h5-8,14H,2-4,9-11,15H2,1H3. The van der Waals surface area contributed by atoms with Gasteiger partial charge in [0, 0.05) is 31.9 Å². The van der Waals surface area contributed by atoms with Gasteiger partial charge in [0.1, 0.15) is 0 Å². The summed E-state index contributed by atoms with van der Waals surface area (Å²) in [6.45, 7) is 5.73. The Balaban J connectivity index is 2.00. The molecule has 1 aromatic carbocycles. The van der Waals surface area contributed by atoms with E-state index in [2.05, 4.69) is 36.1 Å². The topological polar surface area (TPSA) is 38.5 Å². The summed E-state index contributed by atoms with van der Waals surface area (Å²) in [5.41, 5.74) is 8.05. The van der Waals surface area contributed by atoms with Gasteiger partial charge in [-0.15, -0.1) is 0 Å². The fourth-order valence-electron chi connectivity index (χ4n) is 2.29. The Kier molecular flexibility index (Phi) is 4.40. The van der Waals surface area contributed by atoms with Crippen LogP contribution in [0.5, 0.6) is 0 Å². The van der Waals surface area contributed by atoms with Crippen molar-refractivity contribution in [3.05, 3.63) is 29.8 Å². The lowest BCUT2D eigenvalue weighted by molar-refractivity contribution is 0.115. The SMILES string of the molecule is CCN(CC1CCCO1)c1ccc(CN)cc1. The molecule has 2 N–H and O–H groups in total. The van der Waals surface area contributed by atoms with Gasteiger partial charge < -0.3 is 15.4 Å². The molecule has 2 rings (SSSR count). The molecule has 0 bridgehead atoms. The predicted octanol–water partition coefficient (Wildman–Crippen LogP) is 2.15. The van der Waals surface area contributed by atoms with E-state index in [1.54, 1.807) is 0 Å². The Labute approximate surface area is 104 Å². The zero-order valence-electron chi connectivity index (χ0n) is 10.6. The first-order valence-electron chi connectivity index (χ1n) is 6.49.